The predicted octanol–water partition coefficient (Wildman–Crippen LogP) is 7.37. The van der Waals surface area contributed by atoms with Crippen LogP contribution < -0.4 is 0 Å². The molecular weight excluding hydrogens is 296 g/mol. The van der Waals surface area contributed by atoms with Crippen LogP contribution in [0.3, 0.4) is 0 Å². The van der Waals surface area contributed by atoms with Crippen LogP contribution in [0.1, 0.15) is 61.8 Å². The molecule has 0 N–H and O–H groups in total. The Morgan fingerprint density at radius 3 is 1.68 bits per heavy atom. The zero-order valence-corrected chi connectivity index (χ0v) is 15.2. The molecule has 0 amide bonds. The second-order valence-corrected chi connectivity index (χ2v) is 3.50. The molecule has 0 aromatic rings. The maximum absolute atomic E-state index is 12.4. The number of allylic oxidation sites excluding steroid dienone is 5. The lowest BCUT2D eigenvalue weighted by atomic mass is 10.2. The van der Waals surface area contributed by atoms with Gasteiger partial charge in [-0.2, -0.15) is 13.2 Å². The van der Waals surface area contributed by atoms with Gasteiger partial charge in [-0.1, -0.05) is 52.8 Å². The minimum Gasteiger partial charge on any atom is -0.486 e. The van der Waals surface area contributed by atoms with Gasteiger partial charge in [-0.3, -0.25) is 0 Å². The van der Waals surface area contributed by atoms with E-state index in [-0.39, 0.29) is 0 Å². The fraction of sp³-hybridized carbons (Fsp3) is 0.647. The van der Waals surface area contributed by atoms with Crippen LogP contribution in [-0.4, -0.2) is 12.8 Å². The second kappa shape index (κ2) is 19.7. The highest BCUT2D eigenvalue weighted by molar-refractivity contribution is 5.10. The number of alkyl halides is 3. The first-order valence-corrected chi connectivity index (χ1v) is 7.48. The van der Waals surface area contributed by atoms with E-state index in [1.165, 1.54) is 12.0 Å². The summed E-state index contributed by atoms with van der Waals surface area (Å²) in [6.45, 7) is 17.0. The smallest absolute Gasteiger partial charge is 0.422 e. The van der Waals surface area contributed by atoms with Gasteiger partial charge in [-0.15, -0.1) is 0 Å². The average molecular weight is 328 g/mol. The molecule has 0 radical (unpaired) electrons. The van der Waals surface area contributed by atoms with Gasteiger partial charge in [0.25, 0.3) is 0 Å². The second-order valence-electron chi connectivity index (χ2n) is 3.50. The van der Waals surface area contributed by atoms with E-state index in [9.17, 15) is 17.6 Å². The van der Waals surface area contributed by atoms with Crippen molar-refractivity contribution in [1.29, 1.82) is 0 Å². The van der Waals surface area contributed by atoms with Gasteiger partial charge in [0, 0.05) is 0 Å². The van der Waals surface area contributed by atoms with Gasteiger partial charge in [0.1, 0.15) is 5.76 Å². The van der Waals surface area contributed by atoms with Crippen molar-refractivity contribution in [2.75, 3.05) is 6.61 Å². The van der Waals surface area contributed by atoms with E-state index >= 15 is 0 Å². The highest BCUT2D eigenvalue weighted by atomic mass is 19.4. The summed E-state index contributed by atoms with van der Waals surface area (Å²) in [5.74, 6) is -1.30. The Morgan fingerprint density at radius 2 is 1.50 bits per heavy atom. The molecule has 0 heterocycles. The van der Waals surface area contributed by atoms with E-state index in [2.05, 4.69) is 38.2 Å². The molecule has 0 unspecified atom stereocenters. The van der Waals surface area contributed by atoms with Crippen molar-refractivity contribution in [2.45, 2.75) is 68.0 Å². The topological polar surface area (TPSA) is 9.23 Å². The predicted molar refractivity (Wildman–Crippen MR) is 88.4 cm³/mol. The summed E-state index contributed by atoms with van der Waals surface area (Å²) in [6.07, 6.45) is -0.328. The van der Waals surface area contributed by atoms with Gasteiger partial charge >= 0.3 is 6.18 Å². The van der Waals surface area contributed by atoms with Crippen molar-refractivity contribution in [1.82, 2.24) is 0 Å². The normalized spacial score (nSPS) is 11.4. The molecule has 22 heavy (non-hydrogen) atoms. The summed E-state index contributed by atoms with van der Waals surface area (Å²) in [5.41, 5.74) is 1.47. The van der Waals surface area contributed by atoms with Crippen LogP contribution >= 0.6 is 0 Å². The third kappa shape index (κ3) is 27.1. The third-order valence-corrected chi connectivity index (χ3v) is 2.02. The first-order valence-electron chi connectivity index (χ1n) is 7.48. The minimum atomic E-state index is -4.44. The molecule has 0 rings (SSSR count). The highest BCUT2D eigenvalue weighted by Crippen LogP contribution is 2.17. The number of rotatable bonds is 4. The summed E-state index contributed by atoms with van der Waals surface area (Å²) >= 11 is 0. The molecule has 0 aliphatic rings. The van der Waals surface area contributed by atoms with Crippen LogP contribution in [0.2, 0.25) is 0 Å². The molecule has 0 atom stereocenters. The van der Waals surface area contributed by atoms with Crippen LogP contribution in [0.15, 0.2) is 35.9 Å². The summed E-state index contributed by atoms with van der Waals surface area (Å²) in [5, 5.41) is 0. The summed E-state index contributed by atoms with van der Waals surface area (Å²) in [6, 6.07) is 0. The molecular formula is C17H32F4O. The minimum absolute atomic E-state index is 0.415. The molecule has 0 bridgehead atoms. The Balaban J connectivity index is -0.000000136. The molecule has 0 aliphatic heterocycles. The van der Waals surface area contributed by atoms with Crippen LogP contribution in [0.25, 0.3) is 0 Å². The largest absolute Gasteiger partial charge is 0.486 e. The first kappa shape index (κ1) is 28.8. The Hall–Kier alpha value is -1.26. The molecule has 0 aliphatic carbocycles. The molecule has 0 aromatic heterocycles. The summed E-state index contributed by atoms with van der Waals surface area (Å²) in [7, 11) is 0. The number of hydrogen-bond acceptors (Lipinski definition) is 1. The van der Waals surface area contributed by atoms with Crippen molar-refractivity contribution < 1.29 is 22.3 Å². The lowest BCUT2D eigenvalue weighted by molar-refractivity contribution is -0.165. The van der Waals surface area contributed by atoms with Gasteiger partial charge in [0.15, 0.2) is 12.4 Å². The van der Waals surface area contributed by atoms with E-state index < -0.39 is 24.4 Å². The van der Waals surface area contributed by atoms with E-state index in [1.807, 2.05) is 27.7 Å². The molecule has 0 fully saturated rings. The number of hydrogen-bond donors (Lipinski definition) is 0. The highest BCUT2D eigenvalue weighted by Gasteiger charge is 2.28. The molecule has 0 saturated heterocycles. The van der Waals surface area contributed by atoms with Crippen LogP contribution in [0.5, 0.6) is 0 Å². The molecule has 0 saturated carbocycles. The zero-order chi connectivity index (χ0) is 18.8. The van der Waals surface area contributed by atoms with Crippen LogP contribution in [0, 0.1) is 0 Å². The van der Waals surface area contributed by atoms with Gasteiger partial charge in [-0.25, -0.2) is 4.39 Å². The fourth-order valence-electron chi connectivity index (χ4n) is 0.607. The molecule has 134 valence electrons. The van der Waals surface area contributed by atoms with Crippen LogP contribution in [-0.2, 0) is 4.74 Å². The van der Waals surface area contributed by atoms with Gasteiger partial charge in [-0.05, 0) is 33.3 Å². The first-order chi connectivity index (χ1) is 10.2. The summed E-state index contributed by atoms with van der Waals surface area (Å²) in [4.78, 5) is 0. The lowest BCUT2D eigenvalue weighted by Crippen LogP contribution is -2.16. The van der Waals surface area contributed by atoms with Crippen molar-refractivity contribution in [3.8, 4) is 0 Å². The van der Waals surface area contributed by atoms with Crippen molar-refractivity contribution >= 4 is 0 Å². The third-order valence-electron chi connectivity index (χ3n) is 2.02. The quantitative estimate of drug-likeness (QED) is 0.226. The van der Waals surface area contributed by atoms with Gasteiger partial charge in [0.2, 0.25) is 0 Å². The Bertz CT molecular complexity index is 302. The lowest BCUT2D eigenvalue weighted by Gasteiger charge is -2.08. The Labute approximate surface area is 133 Å². The monoisotopic (exact) mass is 328 g/mol. The van der Waals surface area contributed by atoms with E-state index in [0.717, 1.165) is 13.0 Å². The average Bonchev–Trinajstić information content (AvgIpc) is 2.54. The standard InChI is InChI=1S/C7H8F4O.C6H12.2C2H6/c1-3-6(8)5(2)12-4-7(9,10)11;1-4-6(3)5-2;2*1-2/h3H,1,4H2,2H3;4H,5H2,1-3H3;2*1-2H3/b6-5-;6-4-;;. The molecule has 5 heteroatoms. The maximum atomic E-state index is 12.4. The number of halogens is 4. The fourth-order valence-corrected chi connectivity index (χ4v) is 0.607. The summed E-state index contributed by atoms with van der Waals surface area (Å²) < 4.78 is 50.9. The Kier molecular flexibility index (Phi) is 25.9. The molecule has 0 aromatic carbocycles. The van der Waals surface area contributed by atoms with Gasteiger partial charge in [0.05, 0.1) is 0 Å². The van der Waals surface area contributed by atoms with E-state index in [1.54, 1.807) is 0 Å². The van der Waals surface area contributed by atoms with Crippen LogP contribution in [0.4, 0.5) is 17.6 Å². The zero-order valence-electron chi connectivity index (χ0n) is 15.2. The Morgan fingerprint density at radius 1 is 1.09 bits per heavy atom. The number of ether oxygens (including phenoxy) is 1. The van der Waals surface area contributed by atoms with Gasteiger partial charge < -0.3 is 4.74 Å². The van der Waals surface area contributed by atoms with E-state index in [4.69, 9.17) is 0 Å². The van der Waals surface area contributed by atoms with Crippen molar-refractivity contribution in [3.63, 3.8) is 0 Å². The SMILES string of the molecule is C/C=C(/C)CC.C=C/C(F)=C(\C)OCC(F)(F)F.CC.CC. The van der Waals surface area contributed by atoms with E-state index in [0.29, 0.717) is 0 Å². The maximum Gasteiger partial charge on any atom is 0.422 e. The molecule has 1 nitrogen and oxygen atoms in total. The molecule has 0 spiro atoms. The van der Waals surface area contributed by atoms with Crippen molar-refractivity contribution in [3.05, 3.63) is 35.9 Å². The van der Waals surface area contributed by atoms with Crippen molar-refractivity contribution in [2.24, 2.45) is 0 Å².